The first-order valence-corrected chi connectivity index (χ1v) is 2.69. The van der Waals surface area contributed by atoms with Crippen molar-refractivity contribution in [1.29, 1.82) is 0 Å². The molecule has 43 valence electrons. The van der Waals surface area contributed by atoms with Crippen LogP contribution in [0.4, 0.5) is 0 Å². The summed E-state index contributed by atoms with van der Waals surface area (Å²) in [4.78, 5) is 0. The molecular weight excluding hydrogens is 86.1 g/mol. The standard InChI is InChI=1S/C6H14N/c1-4-5-6(2,3)7/h5H,4,7H2,1-3H3. The highest BCUT2D eigenvalue weighted by molar-refractivity contribution is 4.87. The lowest BCUT2D eigenvalue weighted by atomic mass is 10.0. The van der Waals surface area contributed by atoms with Crippen LogP contribution < -0.4 is 5.73 Å². The first-order chi connectivity index (χ1) is 3.06. The number of nitrogens with two attached hydrogens (primary N) is 1. The molecule has 0 aromatic carbocycles. The van der Waals surface area contributed by atoms with Gasteiger partial charge in [-0.25, -0.2) is 0 Å². The van der Waals surface area contributed by atoms with Gasteiger partial charge >= 0.3 is 0 Å². The second kappa shape index (κ2) is 2.31. The molecule has 1 radical (unpaired) electrons. The summed E-state index contributed by atoms with van der Waals surface area (Å²) in [6, 6.07) is 0. The van der Waals surface area contributed by atoms with Crippen LogP contribution in [0.3, 0.4) is 0 Å². The minimum Gasteiger partial charge on any atom is -0.325 e. The van der Waals surface area contributed by atoms with E-state index in [-0.39, 0.29) is 5.54 Å². The molecule has 0 atom stereocenters. The van der Waals surface area contributed by atoms with Gasteiger partial charge in [0.15, 0.2) is 0 Å². The lowest BCUT2D eigenvalue weighted by molar-refractivity contribution is 0.583. The average Bonchev–Trinajstić information content (AvgIpc) is 1.30. The fourth-order valence-electron chi connectivity index (χ4n) is 0.526. The van der Waals surface area contributed by atoms with Gasteiger partial charge in [-0.15, -0.1) is 0 Å². The summed E-state index contributed by atoms with van der Waals surface area (Å²) in [5, 5.41) is 0. The molecule has 0 unspecified atom stereocenters. The maximum atomic E-state index is 5.59. The third-order valence-corrected chi connectivity index (χ3v) is 0.730. The van der Waals surface area contributed by atoms with Gasteiger partial charge < -0.3 is 5.73 Å². The van der Waals surface area contributed by atoms with Crippen molar-refractivity contribution in [1.82, 2.24) is 0 Å². The Balaban J connectivity index is 3.15. The van der Waals surface area contributed by atoms with Gasteiger partial charge in [-0.1, -0.05) is 13.3 Å². The largest absolute Gasteiger partial charge is 0.325 e. The molecule has 0 aliphatic carbocycles. The van der Waals surface area contributed by atoms with E-state index in [0.29, 0.717) is 0 Å². The Kier molecular flexibility index (Phi) is 2.30. The van der Waals surface area contributed by atoms with Crippen LogP contribution in [0.15, 0.2) is 0 Å². The van der Waals surface area contributed by atoms with E-state index in [4.69, 9.17) is 5.73 Å². The molecule has 1 nitrogen and oxygen atoms in total. The Morgan fingerprint density at radius 2 is 2.00 bits per heavy atom. The van der Waals surface area contributed by atoms with Crippen LogP contribution in [0.1, 0.15) is 27.2 Å². The second-order valence-electron chi connectivity index (χ2n) is 2.43. The smallest absolute Gasteiger partial charge is 0.0129 e. The minimum atomic E-state index is -0.0747. The molecule has 0 saturated carbocycles. The van der Waals surface area contributed by atoms with Gasteiger partial charge in [0.2, 0.25) is 0 Å². The van der Waals surface area contributed by atoms with Crippen molar-refractivity contribution in [2.45, 2.75) is 32.7 Å². The van der Waals surface area contributed by atoms with Gasteiger partial charge in [0.25, 0.3) is 0 Å². The van der Waals surface area contributed by atoms with Crippen molar-refractivity contribution in [3.05, 3.63) is 6.42 Å². The summed E-state index contributed by atoms with van der Waals surface area (Å²) in [6.07, 6.45) is 3.15. The molecule has 0 aliphatic heterocycles. The molecule has 2 N–H and O–H groups in total. The highest BCUT2D eigenvalue weighted by atomic mass is 14.7. The molecular formula is C6H14N. The zero-order chi connectivity index (χ0) is 5.91. The Bertz CT molecular complexity index is 42.6. The van der Waals surface area contributed by atoms with E-state index in [0.717, 1.165) is 6.42 Å². The van der Waals surface area contributed by atoms with Crippen molar-refractivity contribution < 1.29 is 0 Å². The Labute approximate surface area is 45.9 Å². The van der Waals surface area contributed by atoms with E-state index in [9.17, 15) is 0 Å². The predicted octanol–water partition coefficient (Wildman–Crippen LogP) is 1.34. The summed E-state index contributed by atoms with van der Waals surface area (Å²) < 4.78 is 0. The van der Waals surface area contributed by atoms with Crippen LogP contribution in [0.2, 0.25) is 0 Å². The van der Waals surface area contributed by atoms with Crippen LogP contribution in [0, 0.1) is 6.42 Å². The van der Waals surface area contributed by atoms with Gasteiger partial charge in [-0.2, -0.15) is 0 Å². The molecule has 0 fully saturated rings. The van der Waals surface area contributed by atoms with E-state index < -0.39 is 0 Å². The van der Waals surface area contributed by atoms with Crippen molar-refractivity contribution in [3.8, 4) is 0 Å². The molecule has 0 aromatic heterocycles. The normalized spacial score (nSPS) is 12.0. The number of hydrogen-bond donors (Lipinski definition) is 1. The Morgan fingerprint density at radius 1 is 1.57 bits per heavy atom. The van der Waals surface area contributed by atoms with Crippen LogP contribution in [-0.2, 0) is 0 Å². The van der Waals surface area contributed by atoms with Crippen molar-refractivity contribution in [2.75, 3.05) is 0 Å². The maximum absolute atomic E-state index is 5.59. The van der Waals surface area contributed by atoms with E-state index in [1.165, 1.54) is 0 Å². The van der Waals surface area contributed by atoms with Gasteiger partial charge in [0.1, 0.15) is 0 Å². The molecule has 0 saturated heterocycles. The third-order valence-electron chi connectivity index (χ3n) is 0.730. The van der Waals surface area contributed by atoms with Gasteiger partial charge in [-0.05, 0) is 20.3 Å². The fraction of sp³-hybridized carbons (Fsp3) is 0.833. The molecule has 1 heteroatoms. The van der Waals surface area contributed by atoms with Crippen molar-refractivity contribution in [2.24, 2.45) is 5.73 Å². The summed E-state index contributed by atoms with van der Waals surface area (Å²) in [7, 11) is 0. The Hall–Kier alpha value is -0.0400. The molecule has 0 heterocycles. The third kappa shape index (κ3) is 5.96. The molecule has 0 aliphatic rings. The summed E-state index contributed by atoms with van der Waals surface area (Å²) >= 11 is 0. The van der Waals surface area contributed by atoms with Crippen molar-refractivity contribution >= 4 is 0 Å². The van der Waals surface area contributed by atoms with E-state index >= 15 is 0 Å². The van der Waals surface area contributed by atoms with Gasteiger partial charge in [0, 0.05) is 5.54 Å². The van der Waals surface area contributed by atoms with Crippen LogP contribution in [0.25, 0.3) is 0 Å². The number of hydrogen-bond acceptors (Lipinski definition) is 1. The topological polar surface area (TPSA) is 26.0 Å². The zero-order valence-electron chi connectivity index (χ0n) is 5.36. The SMILES string of the molecule is CC[CH]C(C)(C)N. The van der Waals surface area contributed by atoms with E-state index in [1.807, 2.05) is 13.8 Å². The summed E-state index contributed by atoms with van der Waals surface area (Å²) in [6.45, 7) is 6.08. The van der Waals surface area contributed by atoms with Crippen LogP contribution in [0.5, 0.6) is 0 Å². The highest BCUT2D eigenvalue weighted by Gasteiger charge is 2.06. The van der Waals surface area contributed by atoms with Gasteiger partial charge in [0.05, 0.1) is 0 Å². The first-order valence-electron chi connectivity index (χ1n) is 2.69. The quantitative estimate of drug-likeness (QED) is 0.556. The van der Waals surface area contributed by atoms with E-state index in [2.05, 4.69) is 13.3 Å². The maximum Gasteiger partial charge on any atom is 0.0129 e. The number of rotatable bonds is 2. The van der Waals surface area contributed by atoms with Gasteiger partial charge in [-0.3, -0.25) is 0 Å². The van der Waals surface area contributed by atoms with Crippen LogP contribution in [-0.4, -0.2) is 5.54 Å². The first kappa shape index (κ1) is 6.96. The van der Waals surface area contributed by atoms with E-state index in [1.54, 1.807) is 0 Å². The Morgan fingerprint density at radius 3 is 2.00 bits per heavy atom. The lowest BCUT2D eigenvalue weighted by Gasteiger charge is -2.15. The molecule has 0 aromatic rings. The van der Waals surface area contributed by atoms with Crippen LogP contribution >= 0.6 is 0 Å². The zero-order valence-corrected chi connectivity index (χ0v) is 5.36. The molecule has 0 rings (SSSR count). The minimum absolute atomic E-state index is 0.0747. The molecule has 0 bridgehead atoms. The average molecular weight is 100 g/mol. The monoisotopic (exact) mass is 100 g/mol. The lowest BCUT2D eigenvalue weighted by Crippen LogP contribution is -2.31. The molecule has 0 amide bonds. The summed E-state index contributed by atoms with van der Waals surface area (Å²) in [5.41, 5.74) is 5.52. The molecule has 7 heavy (non-hydrogen) atoms. The predicted molar refractivity (Wildman–Crippen MR) is 32.9 cm³/mol. The fourth-order valence-corrected chi connectivity index (χ4v) is 0.526. The van der Waals surface area contributed by atoms with Crippen molar-refractivity contribution in [3.63, 3.8) is 0 Å². The summed E-state index contributed by atoms with van der Waals surface area (Å²) in [5.74, 6) is 0. The second-order valence-corrected chi connectivity index (χ2v) is 2.43. The highest BCUT2D eigenvalue weighted by Crippen LogP contribution is 2.03. The molecule has 0 spiro atoms.